The van der Waals surface area contributed by atoms with Crippen LogP contribution in [0.5, 0.6) is 5.75 Å². The van der Waals surface area contributed by atoms with Gasteiger partial charge in [0.2, 0.25) is 0 Å². The van der Waals surface area contributed by atoms with E-state index in [-0.39, 0.29) is 6.29 Å². The van der Waals surface area contributed by atoms with Crippen LogP contribution < -0.4 is 4.74 Å². The Morgan fingerprint density at radius 2 is 2.00 bits per heavy atom. The van der Waals surface area contributed by atoms with Crippen molar-refractivity contribution in [1.29, 1.82) is 0 Å². The van der Waals surface area contributed by atoms with Crippen molar-refractivity contribution in [2.75, 3.05) is 20.2 Å². The van der Waals surface area contributed by atoms with Crippen LogP contribution in [-0.4, -0.2) is 31.4 Å². The lowest BCUT2D eigenvalue weighted by atomic mass is 10.1. The summed E-state index contributed by atoms with van der Waals surface area (Å²) in [6.45, 7) is 5.02. The van der Waals surface area contributed by atoms with E-state index in [4.69, 9.17) is 9.47 Å². The van der Waals surface area contributed by atoms with Gasteiger partial charge in [-0.25, -0.2) is 0 Å². The second kappa shape index (κ2) is 8.65. The zero-order valence-corrected chi connectivity index (χ0v) is 16.3. The van der Waals surface area contributed by atoms with Crippen LogP contribution in [0.2, 0.25) is 0 Å². The summed E-state index contributed by atoms with van der Waals surface area (Å²) in [5.41, 5.74) is 3.97. The van der Waals surface area contributed by atoms with E-state index in [1.165, 1.54) is 11.1 Å². The van der Waals surface area contributed by atoms with Gasteiger partial charge in [-0.3, -0.25) is 4.90 Å². The number of rotatable bonds is 6. The molecule has 0 radical (unpaired) electrons. The maximum absolute atomic E-state index is 5.74. The lowest BCUT2D eigenvalue weighted by Crippen LogP contribution is -2.18. The molecule has 132 valence electrons. The summed E-state index contributed by atoms with van der Waals surface area (Å²) >= 11 is 3.64. The monoisotopic (exact) mass is 401 g/mol. The Bertz CT molecular complexity index is 730. The first-order valence-electron chi connectivity index (χ1n) is 8.59. The Kier molecular flexibility index (Phi) is 6.29. The zero-order chi connectivity index (χ0) is 17.6. The average Bonchev–Trinajstić information content (AvgIpc) is 3.05. The number of hydrogen-bond donors (Lipinski definition) is 0. The van der Waals surface area contributed by atoms with Gasteiger partial charge in [0.25, 0.3) is 0 Å². The van der Waals surface area contributed by atoms with Crippen molar-refractivity contribution in [3.63, 3.8) is 0 Å². The van der Waals surface area contributed by atoms with Gasteiger partial charge >= 0.3 is 0 Å². The van der Waals surface area contributed by atoms with Crippen LogP contribution in [0.25, 0.3) is 6.08 Å². The Hall–Kier alpha value is -1.62. The summed E-state index contributed by atoms with van der Waals surface area (Å²) in [5, 5.41) is 0. The minimum atomic E-state index is -0.255. The molecule has 4 heteroatoms. The molecule has 1 fully saturated rings. The molecule has 0 aromatic heterocycles. The van der Waals surface area contributed by atoms with Crippen LogP contribution in [0, 0.1) is 0 Å². The number of hydrogen-bond acceptors (Lipinski definition) is 3. The molecule has 0 N–H and O–H groups in total. The Morgan fingerprint density at radius 3 is 2.76 bits per heavy atom. The van der Waals surface area contributed by atoms with Gasteiger partial charge in [0.05, 0.1) is 0 Å². The van der Waals surface area contributed by atoms with Crippen LogP contribution in [0.4, 0.5) is 0 Å². The highest BCUT2D eigenvalue weighted by atomic mass is 79.9. The summed E-state index contributed by atoms with van der Waals surface area (Å²) in [7, 11) is 1.65. The van der Waals surface area contributed by atoms with E-state index in [9.17, 15) is 0 Å². The second-order valence-electron chi connectivity index (χ2n) is 6.35. The molecular formula is C21H24BrNO2. The Labute approximate surface area is 158 Å². The highest BCUT2D eigenvalue weighted by Crippen LogP contribution is 2.28. The van der Waals surface area contributed by atoms with Gasteiger partial charge in [0.15, 0.2) is 6.29 Å². The Morgan fingerprint density at radius 1 is 1.20 bits per heavy atom. The lowest BCUT2D eigenvalue weighted by molar-refractivity contribution is -0.0382. The number of ether oxygens (including phenoxy) is 2. The molecule has 1 heterocycles. The zero-order valence-electron chi connectivity index (χ0n) is 14.7. The molecule has 0 amide bonds. The topological polar surface area (TPSA) is 21.7 Å². The quantitative estimate of drug-likeness (QED) is 0.627. The molecule has 3 nitrogen and oxygen atoms in total. The largest absolute Gasteiger partial charge is 0.465 e. The first-order valence-corrected chi connectivity index (χ1v) is 9.38. The van der Waals surface area contributed by atoms with E-state index in [0.717, 1.165) is 41.8 Å². The fourth-order valence-electron chi connectivity index (χ4n) is 3.01. The van der Waals surface area contributed by atoms with E-state index < -0.39 is 0 Å². The minimum absolute atomic E-state index is 0.255. The molecule has 1 unspecified atom stereocenters. The molecule has 2 aromatic rings. The fraction of sp³-hybridized carbons (Fsp3) is 0.333. The van der Waals surface area contributed by atoms with Crippen molar-refractivity contribution in [2.24, 2.45) is 0 Å². The summed E-state index contributed by atoms with van der Waals surface area (Å²) in [5.74, 6) is 0.823. The van der Waals surface area contributed by atoms with Gasteiger partial charge in [0.1, 0.15) is 5.75 Å². The molecular weight excluding hydrogens is 378 g/mol. The molecule has 3 rings (SSSR count). The summed E-state index contributed by atoms with van der Waals surface area (Å²) in [6, 6.07) is 16.7. The van der Waals surface area contributed by atoms with E-state index in [1.807, 2.05) is 19.1 Å². The van der Waals surface area contributed by atoms with E-state index in [1.54, 1.807) is 7.11 Å². The summed E-state index contributed by atoms with van der Waals surface area (Å²) in [6.07, 6.45) is 3.13. The normalized spacial score (nSPS) is 17.8. The van der Waals surface area contributed by atoms with Crippen LogP contribution >= 0.6 is 15.9 Å². The van der Waals surface area contributed by atoms with E-state index in [0.29, 0.717) is 0 Å². The van der Waals surface area contributed by atoms with Crippen LogP contribution in [0.1, 0.15) is 24.5 Å². The van der Waals surface area contributed by atoms with Crippen molar-refractivity contribution in [1.82, 2.24) is 4.90 Å². The number of halogens is 1. The highest BCUT2D eigenvalue weighted by molar-refractivity contribution is 9.10. The Balaban J connectivity index is 1.67. The summed E-state index contributed by atoms with van der Waals surface area (Å²) in [4.78, 5) is 2.49. The molecule has 25 heavy (non-hydrogen) atoms. The number of methoxy groups -OCH3 is 1. The van der Waals surface area contributed by atoms with Crippen molar-refractivity contribution in [2.45, 2.75) is 26.2 Å². The summed E-state index contributed by atoms with van der Waals surface area (Å²) < 4.78 is 12.0. The van der Waals surface area contributed by atoms with Crippen molar-refractivity contribution >= 4 is 22.0 Å². The first-order chi connectivity index (χ1) is 12.1. The molecule has 0 bridgehead atoms. The fourth-order valence-corrected chi connectivity index (χ4v) is 3.37. The SMILES string of the molecule is COC(C)Oc1ccc(Br)c(C=C2CCN(Cc3ccccc3)C2)c1. The molecule has 1 aliphatic rings. The van der Waals surface area contributed by atoms with E-state index in [2.05, 4.69) is 63.3 Å². The third kappa shape index (κ3) is 5.18. The smallest absolute Gasteiger partial charge is 0.196 e. The van der Waals surface area contributed by atoms with Crippen molar-refractivity contribution in [3.8, 4) is 5.75 Å². The molecule has 1 atom stereocenters. The predicted molar refractivity (Wildman–Crippen MR) is 106 cm³/mol. The third-order valence-corrected chi connectivity index (χ3v) is 5.11. The van der Waals surface area contributed by atoms with Gasteiger partial charge < -0.3 is 9.47 Å². The van der Waals surface area contributed by atoms with Gasteiger partial charge in [-0.05, 0) is 42.7 Å². The lowest BCUT2D eigenvalue weighted by Gasteiger charge is -2.14. The minimum Gasteiger partial charge on any atom is -0.465 e. The number of nitrogens with zero attached hydrogens (tertiary/aromatic N) is 1. The predicted octanol–water partition coefficient (Wildman–Crippen LogP) is 5.11. The molecule has 2 aromatic carbocycles. The van der Waals surface area contributed by atoms with Gasteiger partial charge in [-0.2, -0.15) is 0 Å². The van der Waals surface area contributed by atoms with Crippen LogP contribution in [-0.2, 0) is 11.3 Å². The third-order valence-electron chi connectivity index (χ3n) is 4.39. The molecule has 1 aliphatic heterocycles. The van der Waals surface area contributed by atoms with Gasteiger partial charge in [0, 0.05) is 31.2 Å². The van der Waals surface area contributed by atoms with Gasteiger partial charge in [-0.1, -0.05) is 57.9 Å². The maximum Gasteiger partial charge on any atom is 0.196 e. The van der Waals surface area contributed by atoms with Crippen molar-refractivity contribution < 1.29 is 9.47 Å². The number of benzene rings is 2. The molecule has 0 aliphatic carbocycles. The van der Waals surface area contributed by atoms with E-state index >= 15 is 0 Å². The molecule has 0 spiro atoms. The number of likely N-dealkylation sites (tertiary alicyclic amines) is 1. The van der Waals surface area contributed by atoms with Crippen molar-refractivity contribution in [3.05, 3.63) is 69.7 Å². The van der Waals surface area contributed by atoms with Crippen LogP contribution in [0.15, 0.2) is 58.6 Å². The second-order valence-corrected chi connectivity index (χ2v) is 7.21. The van der Waals surface area contributed by atoms with Gasteiger partial charge in [-0.15, -0.1) is 0 Å². The molecule has 1 saturated heterocycles. The maximum atomic E-state index is 5.74. The van der Waals surface area contributed by atoms with Crippen LogP contribution in [0.3, 0.4) is 0 Å². The highest BCUT2D eigenvalue weighted by Gasteiger charge is 2.17. The standard InChI is InChI=1S/C21H24BrNO2/c1-16(24-2)25-20-8-9-21(22)19(13-20)12-18-10-11-23(15-18)14-17-6-4-3-5-7-17/h3-9,12-13,16H,10-11,14-15H2,1-2H3. The first kappa shape index (κ1) is 18.2. The molecule has 0 saturated carbocycles. The average molecular weight is 402 g/mol.